The van der Waals surface area contributed by atoms with Gasteiger partial charge in [-0.3, -0.25) is 9.59 Å². The molecule has 0 aliphatic rings. The maximum atomic E-state index is 14.4. The summed E-state index contributed by atoms with van der Waals surface area (Å²) in [4.78, 5) is 42.5. The number of nitrogens with one attached hydrogen (secondary N) is 2. The van der Waals surface area contributed by atoms with Gasteiger partial charge in [-0.05, 0) is 83.8 Å². The molecule has 0 bridgehead atoms. The van der Waals surface area contributed by atoms with Gasteiger partial charge in [-0.1, -0.05) is 45.4 Å². The molecule has 1 rings (SSSR count). The summed E-state index contributed by atoms with van der Waals surface area (Å²) >= 11 is 1.57. The number of para-hydroxylation sites is 1. The van der Waals surface area contributed by atoms with Gasteiger partial charge in [-0.2, -0.15) is 11.8 Å². The highest BCUT2D eigenvalue weighted by atomic mass is 32.2. The number of ether oxygens (including phenoxy) is 1. The zero-order valence-electron chi connectivity index (χ0n) is 25.4. The van der Waals surface area contributed by atoms with Crippen LogP contribution in [0.25, 0.3) is 0 Å². The van der Waals surface area contributed by atoms with E-state index in [0.29, 0.717) is 42.2 Å². The van der Waals surface area contributed by atoms with Crippen LogP contribution in [0, 0.1) is 12.8 Å². The zero-order chi connectivity index (χ0) is 29.8. The van der Waals surface area contributed by atoms with Crippen LogP contribution in [-0.2, 0) is 14.3 Å². The van der Waals surface area contributed by atoms with Gasteiger partial charge < -0.3 is 25.4 Å². The first kappa shape index (κ1) is 34.6. The third-order valence-electron chi connectivity index (χ3n) is 6.41. The van der Waals surface area contributed by atoms with E-state index in [1.165, 1.54) is 0 Å². The molecule has 1 aromatic carbocycles. The Bertz CT molecular complexity index is 932. The zero-order valence-corrected chi connectivity index (χ0v) is 26.2. The van der Waals surface area contributed by atoms with Gasteiger partial charge in [0, 0.05) is 18.2 Å². The predicted octanol–water partition coefficient (Wildman–Crippen LogP) is 5.96. The molecular formula is C30H51N3O5S. The van der Waals surface area contributed by atoms with E-state index in [2.05, 4.69) is 24.5 Å². The normalized spacial score (nSPS) is 13.9. The monoisotopic (exact) mass is 565 g/mol. The number of carbonyl (C=O) groups is 3. The van der Waals surface area contributed by atoms with Crippen LogP contribution in [0.4, 0.5) is 4.79 Å². The summed E-state index contributed by atoms with van der Waals surface area (Å²) in [6.45, 7) is 15.7. The molecule has 0 saturated heterocycles. The second-order valence-electron chi connectivity index (χ2n) is 11.6. The molecule has 9 heteroatoms. The average Bonchev–Trinajstić information content (AvgIpc) is 2.84. The van der Waals surface area contributed by atoms with Crippen LogP contribution in [0.15, 0.2) is 18.2 Å². The van der Waals surface area contributed by atoms with E-state index in [4.69, 9.17) is 4.74 Å². The van der Waals surface area contributed by atoms with Crippen LogP contribution in [0.5, 0.6) is 5.75 Å². The van der Waals surface area contributed by atoms with Crippen molar-refractivity contribution in [3.8, 4) is 5.75 Å². The highest BCUT2D eigenvalue weighted by Crippen LogP contribution is 2.34. The number of nitrogens with zero attached hydrogens (tertiary/aromatic N) is 1. The topological polar surface area (TPSA) is 108 Å². The standard InChI is InChI=1S/C30H51N3O5S/c1-10-11-18-31-27(35)25(23-14-12-13-21(4)26(23)34)33(22(5)16-15-20(2)3)28(36)24(17-19-39-9)32-29(37)38-30(6,7)8/h12-14,20,22,24-25,34H,10-11,15-19H2,1-9H3,(H,31,35)(H,32,37). The number of rotatable bonds is 15. The number of amides is 3. The third-order valence-corrected chi connectivity index (χ3v) is 7.05. The van der Waals surface area contributed by atoms with E-state index >= 15 is 0 Å². The van der Waals surface area contributed by atoms with E-state index in [1.54, 1.807) is 62.6 Å². The van der Waals surface area contributed by atoms with E-state index in [1.807, 2.05) is 20.1 Å². The molecule has 0 aliphatic carbocycles. The van der Waals surface area contributed by atoms with E-state index < -0.39 is 23.8 Å². The summed E-state index contributed by atoms with van der Waals surface area (Å²) < 4.78 is 5.46. The van der Waals surface area contributed by atoms with Crippen LogP contribution < -0.4 is 10.6 Å². The second-order valence-corrected chi connectivity index (χ2v) is 12.6. The smallest absolute Gasteiger partial charge is 0.408 e. The average molecular weight is 566 g/mol. The summed E-state index contributed by atoms with van der Waals surface area (Å²) in [5.41, 5.74) is 0.262. The summed E-state index contributed by atoms with van der Waals surface area (Å²) in [7, 11) is 0. The molecule has 3 N–H and O–H groups in total. The Morgan fingerprint density at radius 2 is 1.77 bits per heavy atom. The first-order valence-electron chi connectivity index (χ1n) is 14.1. The molecule has 0 heterocycles. The van der Waals surface area contributed by atoms with Crippen molar-refractivity contribution in [1.29, 1.82) is 0 Å². The molecule has 0 spiro atoms. The lowest BCUT2D eigenvalue weighted by atomic mass is 9.95. The Labute approximate surface area is 240 Å². The van der Waals surface area contributed by atoms with E-state index in [0.717, 1.165) is 19.3 Å². The lowest BCUT2D eigenvalue weighted by molar-refractivity contribution is -0.145. The minimum atomic E-state index is -1.06. The lowest BCUT2D eigenvalue weighted by Crippen LogP contribution is -2.55. The first-order valence-corrected chi connectivity index (χ1v) is 15.5. The van der Waals surface area contributed by atoms with Crippen molar-refractivity contribution in [2.75, 3.05) is 18.6 Å². The van der Waals surface area contributed by atoms with E-state index in [-0.39, 0.29) is 23.6 Å². The van der Waals surface area contributed by atoms with Gasteiger partial charge >= 0.3 is 6.09 Å². The largest absolute Gasteiger partial charge is 0.507 e. The van der Waals surface area contributed by atoms with Crippen molar-refractivity contribution in [2.24, 2.45) is 5.92 Å². The number of phenols is 1. The quantitative estimate of drug-likeness (QED) is 0.227. The molecule has 8 nitrogen and oxygen atoms in total. The molecule has 222 valence electrons. The fourth-order valence-corrected chi connectivity index (χ4v) is 4.71. The molecule has 1 aromatic rings. The summed E-state index contributed by atoms with van der Waals surface area (Å²) in [5.74, 6) is 0.296. The van der Waals surface area contributed by atoms with Gasteiger partial charge in [0.1, 0.15) is 23.4 Å². The number of hydrogen-bond donors (Lipinski definition) is 3. The lowest BCUT2D eigenvalue weighted by Gasteiger charge is -2.39. The number of thioether (sulfide) groups is 1. The molecular weight excluding hydrogens is 514 g/mol. The van der Waals surface area contributed by atoms with Gasteiger partial charge in [0.2, 0.25) is 11.8 Å². The van der Waals surface area contributed by atoms with Gasteiger partial charge in [0.25, 0.3) is 0 Å². The third kappa shape index (κ3) is 11.7. The number of hydrogen-bond acceptors (Lipinski definition) is 6. The van der Waals surface area contributed by atoms with Gasteiger partial charge in [0.05, 0.1) is 0 Å². The van der Waals surface area contributed by atoms with Crippen molar-refractivity contribution in [1.82, 2.24) is 15.5 Å². The van der Waals surface area contributed by atoms with Crippen LogP contribution in [0.2, 0.25) is 0 Å². The second kappa shape index (κ2) is 16.6. The SMILES string of the molecule is CCCCNC(=O)C(c1cccc(C)c1O)N(C(=O)C(CCSC)NC(=O)OC(C)(C)C)C(C)CCC(C)C. The number of benzene rings is 1. The number of aromatic hydroxyl groups is 1. The minimum Gasteiger partial charge on any atom is -0.507 e. The van der Waals surface area contributed by atoms with Crippen LogP contribution in [0.3, 0.4) is 0 Å². The molecule has 0 aliphatic heterocycles. The highest BCUT2D eigenvalue weighted by Gasteiger charge is 2.39. The first-order chi connectivity index (χ1) is 18.2. The molecule has 39 heavy (non-hydrogen) atoms. The Morgan fingerprint density at radius 3 is 2.33 bits per heavy atom. The van der Waals surface area contributed by atoms with Crippen molar-refractivity contribution >= 4 is 29.7 Å². The fraction of sp³-hybridized carbons (Fsp3) is 0.700. The Balaban J connectivity index is 3.64. The van der Waals surface area contributed by atoms with Gasteiger partial charge in [-0.25, -0.2) is 4.79 Å². The van der Waals surface area contributed by atoms with Crippen molar-refractivity contribution in [2.45, 2.75) is 111 Å². The maximum absolute atomic E-state index is 14.4. The molecule has 0 fully saturated rings. The molecule has 3 atom stereocenters. The fourth-order valence-electron chi connectivity index (χ4n) is 4.24. The van der Waals surface area contributed by atoms with E-state index in [9.17, 15) is 19.5 Å². The Hall–Kier alpha value is -2.42. The molecule has 3 amide bonds. The summed E-state index contributed by atoms with van der Waals surface area (Å²) in [6.07, 6.45) is 4.85. The van der Waals surface area contributed by atoms with Crippen molar-refractivity contribution in [3.05, 3.63) is 29.3 Å². The highest BCUT2D eigenvalue weighted by molar-refractivity contribution is 7.98. The van der Waals surface area contributed by atoms with Gasteiger partial charge in [0.15, 0.2) is 0 Å². The van der Waals surface area contributed by atoms with Crippen molar-refractivity contribution in [3.63, 3.8) is 0 Å². The van der Waals surface area contributed by atoms with Crippen LogP contribution in [0.1, 0.15) is 97.7 Å². The maximum Gasteiger partial charge on any atom is 0.408 e. The number of aryl methyl sites for hydroxylation is 1. The number of carbonyl (C=O) groups excluding carboxylic acids is 3. The molecule has 0 aromatic heterocycles. The molecule has 0 radical (unpaired) electrons. The number of unbranched alkanes of at least 4 members (excludes halogenated alkanes) is 1. The minimum absolute atomic E-state index is 0.0113. The van der Waals surface area contributed by atoms with Crippen LogP contribution in [-0.4, -0.2) is 64.2 Å². The summed E-state index contributed by atoms with van der Waals surface area (Å²) in [6, 6.07) is 2.95. The Morgan fingerprint density at radius 1 is 1.10 bits per heavy atom. The Kier molecular flexibility index (Phi) is 14.8. The number of phenolic OH excluding ortho intramolecular Hbond substituents is 1. The summed E-state index contributed by atoms with van der Waals surface area (Å²) in [5, 5.41) is 16.8. The predicted molar refractivity (Wildman–Crippen MR) is 160 cm³/mol. The number of alkyl carbamates (subject to hydrolysis) is 1. The molecule has 3 unspecified atom stereocenters. The van der Waals surface area contributed by atoms with Gasteiger partial charge in [-0.15, -0.1) is 0 Å². The van der Waals surface area contributed by atoms with Crippen molar-refractivity contribution < 1.29 is 24.2 Å². The van der Waals surface area contributed by atoms with Crippen LogP contribution >= 0.6 is 11.8 Å². The molecule has 0 saturated carbocycles.